The van der Waals surface area contributed by atoms with Crippen LogP contribution in [0.15, 0.2) is 0 Å². The van der Waals surface area contributed by atoms with E-state index >= 15 is 0 Å². The van der Waals surface area contributed by atoms with Gasteiger partial charge < -0.3 is 10.6 Å². The third-order valence-corrected chi connectivity index (χ3v) is 9.23. The standard InChI is InChI=1S/C22H34N2O4S2/c1-5-6-7-18(25)24-21-19(20(26)23-15-10-11-30(27,28)13-15)16-9-8-14(22(2,3)4)12-17(16)29-21/h14-15H,5-13H2,1-4H3,(H,23,26)(H,24,25). The van der Waals surface area contributed by atoms with E-state index in [4.69, 9.17) is 0 Å². The van der Waals surface area contributed by atoms with Gasteiger partial charge in [0.05, 0.1) is 17.1 Å². The first kappa shape index (κ1) is 23.3. The number of sulfone groups is 1. The second-order valence-electron chi connectivity index (χ2n) is 9.74. The number of fused-ring (bicyclic) bond motifs is 1. The second-order valence-corrected chi connectivity index (χ2v) is 13.1. The van der Waals surface area contributed by atoms with E-state index in [9.17, 15) is 18.0 Å². The Balaban J connectivity index is 1.86. The highest BCUT2D eigenvalue weighted by atomic mass is 32.2. The van der Waals surface area contributed by atoms with Crippen molar-refractivity contribution in [2.45, 2.75) is 78.7 Å². The molecule has 30 heavy (non-hydrogen) atoms. The summed E-state index contributed by atoms with van der Waals surface area (Å²) >= 11 is 1.52. The van der Waals surface area contributed by atoms with Crippen molar-refractivity contribution >= 4 is 38.0 Å². The molecule has 2 amide bonds. The number of carbonyl (C=O) groups is 2. The fourth-order valence-electron chi connectivity index (χ4n) is 4.35. The third kappa shape index (κ3) is 5.44. The van der Waals surface area contributed by atoms with Gasteiger partial charge in [0.15, 0.2) is 9.84 Å². The molecule has 168 valence electrons. The van der Waals surface area contributed by atoms with Gasteiger partial charge in [-0.15, -0.1) is 11.3 Å². The maximum absolute atomic E-state index is 13.2. The Morgan fingerprint density at radius 2 is 1.93 bits per heavy atom. The average molecular weight is 455 g/mol. The van der Waals surface area contributed by atoms with Crippen LogP contribution in [0.25, 0.3) is 0 Å². The van der Waals surface area contributed by atoms with Crippen molar-refractivity contribution < 1.29 is 18.0 Å². The quantitative estimate of drug-likeness (QED) is 0.681. The topological polar surface area (TPSA) is 92.3 Å². The number of thiophene rings is 1. The number of rotatable bonds is 6. The summed E-state index contributed by atoms with van der Waals surface area (Å²) < 4.78 is 23.6. The van der Waals surface area contributed by atoms with E-state index in [0.29, 0.717) is 29.3 Å². The number of amides is 2. The monoisotopic (exact) mass is 454 g/mol. The second kappa shape index (κ2) is 8.99. The molecule has 1 aliphatic carbocycles. The molecule has 1 aromatic heterocycles. The highest BCUT2D eigenvalue weighted by Crippen LogP contribution is 2.44. The van der Waals surface area contributed by atoms with Gasteiger partial charge in [0.2, 0.25) is 5.91 Å². The van der Waals surface area contributed by atoms with E-state index in [1.165, 1.54) is 16.2 Å². The molecule has 1 fully saturated rings. The van der Waals surface area contributed by atoms with Gasteiger partial charge in [0.25, 0.3) is 5.91 Å². The first-order valence-electron chi connectivity index (χ1n) is 11.0. The van der Waals surface area contributed by atoms with Crippen LogP contribution < -0.4 is 10.6 Å². The van der Waals surface area contributed by atoms with Gasteiger partial charge in [-0.3, -0.25) is 9.59 Å². The molecular weight excluding hydrogens is 420 g/mol. The van der Waals surface area contributed by atoms with E-state index in [2.05, 4.69) is 31.4 Å². The Morgan fingerprint density at radius 3 is 2.53 bits per heavy atom. The van der Waals surface area contributed by atoms with Crippen molar-refractivity contribution in [1.82, 2.24) is 5.32 Å². The summed E-state index contributed by atoms with van der Waals surface area (Å²) in [6, 6.07) is -0.354. The van der Waals surface area contributed by atoms with Crippen LogP contribution in [0.1, 0.15) is 80.6 Å². The lowest BCUT2D eigenvalue weighted by Gasteiger charge is -2.33. The minimum Gasteiger partial charge on any atom is -0.348 e. The summed E-state index contributed by atoms with van der Waals surface area (Å²) in [6.07, 6.45) is 5.36. The highest BCUT2D eigenvalue weighted by molar-refractivity contribution is 7.91. The zero-order valence-corrected chi connectivity index (χ0v) is 20.1. The molecule has 2 N–H and O–H groups in total. The van der Waals surface area contributed by atoms with Crippen molar-refractivity contribution in [3.63, 3.8) is 0 Å². The molecule has 2 aliphatic rings. The van der Waals surface area contributed by atoms with Crippen LogP contribution in [-0.2, 0) is 27.5 Å². The van der Waals surface area contributed by atoms with Crippen LogP contribution in [0.2, 0.25) is 0 Å². The van der Waals surface area contributed by atoms with E-state index < -0.39 is 9.84 Å². The van der Waals surface area contributed by atoms with Gasteiger partial charge in [-0.25, -0.2) is 8.42 Å². The van der Waals surface area contributed by atoms with Gasteiger partial charge in [0, 0.05) is 17.3 Å². The Morgan fingerprint density at radius 1 is 1.20 bits per heavy atom. The molecule has 1 saturated heterocycles. The lowest BCUT2D eigenvalue weighted by atomic mass is 9.72. The lowest BCUT2D eigenvalue weighted by Crippen LogP contribution is -2.36. The summed E-state index contributed by atoms with van der Waals surface area (Å²) in [5, 5.41) is 6.52. The van der Waals surface area contributed by atoms with Crippen LogP contribution in [0, 0.1) is 11.3 Å². The zero-order chi connectivity index (χ0) is 22.1. The maximum atomic E-state index is 13.2. The molecule has 2 heterocycles. The highest BCUT2D eigenvalue weighted by Gasteiger charge is 2.35. The van der Waals surface area contributed by atoms with Gasteiger partial charge in [-0.05, 0) is 49.0 Å². The molecule has 6 nitrogen and oxygen atoms in total. The van der Waals surface area contributed by atoms with Gasteiger partial charge in [-0.1, -0.05) is 34.1 Å². The summed E-state index contributed by atoms with van der Waals surface area (Å²) in [4.78, 5) is 26.8. The fourth-order valence-corrected chi connectivity index (χ4v) is 7.36. The minimum atomic E-state index is -3.07. The van der Waals surface area contributed by atoms with Gasteiger partial charge in [-0.2, -0.15) is 0 Å². The lowest BCUT2D eigenvalue weighted by molar-refractivity contribution is -0.116. The van der Waals surface area contributed by atoms with Crippen LogP contribution in [0.4, 0.5) is 5.00 Å². The molecule has 0 spiro atoms. The van der Waals surface area contributed by atoms with Crippen molar-refractivity contribution in [2.75, 3.05) is 16.8 Å². The number of carbonyl (C=O) groups excluding carboxylic acids is 2. The maximum Gasteiger partial charge on any atom is 0.254 e. The first-order chi connectivity index (χ1) is 14.0. The third-order valence-electron chi connectivity index (χ3n) is 6.30. The van der Waals surface area contributed by atoms with Gasteiger partial charge >= 0.3 is 0 Å². The van der Waals surface area contributed by atoms with Crippen molar-refractivity contribution in [3.05, 3.63) is 16.0 Å². The smallest absolute Gasteiger partial charge is 0.254 e. The number of hydrogen-bond donors (Lipinski definition) is 2. The molecule has 0 saturated carbocycles. The molecule has 0 bridgehead atoms. The summed E-state index contributed by atoms with van der Waals surface area (Å²) in [5.74, 6) is 0.321. The minimum absolute atomic E-state index is 0.00460. The molecule has 2 atom stereocenters. The van der Waals surface area contributed by atoms with Gasteiger partial charge in [0.1, 0.15) is 5.00 Å². The number of anilines is 1. The predicted octanol–water partition coefficient (Wildman–Crippen LogP) is 3.94. The Hall–Kier alpha value is -1.41. The average Bonchev–Trinajstić information content (AvgIpc) is 3.17. The zero-order valence-electron chi connectivity index (χ0n) is 18.5. The predicted molar refractivity (Wildman–Crippen MR) is 122 cm³/mol. The summed E-state index contributed by atoms with van der Waals surface area (Å²) in [7, 11) is -3.07. The molecular formula is C22H34N2O4S2. The molecule has 2 unspecified atom stereocenters. The van der Waals surface area contributed by atoms with Crippen LogP contribution in [-0.4, -0.2) is 37.8 Å². The Kier molecular flexibility index (Phi) is 6.97. The number of unbranched alkanes of at least 4 members (excludes halogenated alkanes) is 1. The van der Waals surface area contributed by atoms with E-state index in [1.54, 1.807) is 0 Å². The van der Waals surface area contributed by atoms with Crippen LogP contribution >= 0.6 is 11.3 Å². The molecule has 8 heteroatoms. The Labute approximate surface area is 184 Å². The molecule has 0 radical (unpaired) electrons. The van der Waals surface area contributed by atoms with E-state index in [0.717, 1.165) is 37.7 Å². The van der Waals surface area contributed by atoms with E-state index in [1.807, 2.05) is 6.92 Å². The van der Waals surface area contributed by atoms with Crippen LogP contribution in [0.3, 0.4) is 0 Å². The fraction of sp³-hybridized carbons (Fsp3) is 0.727. The SMILES string of the molecule is CCCCC(=O)Nc1sc2c(c1C(=O)NC1CCS(=O)(=O)C1)CCC(C(C)(C)C)C2. The summed E-state index contributed by atoms with van der Waals surface area (Å²) in [6.45, 7) is 8.78. The normalized spacial score (nSPS) is 23.1. The van der Waals surface area contributed by atoms with Crippen molar-refractivity contribution in [2.24, 2.45) is 11.3 Å². The molecule has 1 aromatic rings. The summed E-state index contributed by atoms with van der Waals surface area (Å²) in [5.41, 5.74) is 1.77. The number of nitrogens with one attached hydrogen (secondary N) is 2. The Bertz CT molecular complexity index is 912. The van der Waals surface area contributed by atoms with Crippen molar-refractivity contribution in [3.8, 4) is 0 Å². The molecule has 1 aliphatic heterocycles. The molecule has 0 aromatic carbocycles. The molecule has 3 rings (SSSR count). The van der Waals surface area contributed by atoms with Crippen LogP contribution in [0.5, 0.6) is 0 Å². The number of hydrogen-bond acceptors (Lipinski definition) is 5. The first-order valence-corrected chi connectivity index (χ1v) is 13.6. The van der Waals surface area contributed by atoms with E-state index in [-0.39, 0.29) is 34.8 Å². The van der Waals surface area contributed by atoms with Crippen molar-refractivity contribution in [1.29, 1.82) is 0 Å². The largest absolute Gasteiger partial charge is 0.348 e.